The second kappa shape index (κ2) is 4.33. The first-order valence-electron chi connectivity index (χ1n) is 6.03. The quantitative estimate of drug-likeness (QED) is 0.840. The van der Waals surface area contributed by atoms with Crippen LogP contribution in [0.3, 0.4) is 0 Å². The number of rotatable bonds is 5. The summed E-state index contributed by atoms with van der Waals surface area (Å²) in [4.78, 5) is 8.59. The summed E-state index contributed by atoms with van der Waals surface area (Å²) in [5, 5.41) is 3.10. The largest absolute Gasteiger partial charge is 0.331 e. The first-order chi connectivity index (χ1) is 8.36. The van der Waals surface area contributed by atoms with Gasteiger partial charge in [0.15, 0.2) is 0 Å². The molecule has 0 aromatic carbocycles. The lowest BCUT2D eigenvalue weighted by atomic mass is 10.4. The van der Waals surface area contributed by atoms with Gasteiger partial charge in [0.1, 0.15) is 0 Å². The Morgan fingerprint density at radius 1 is 1.41 bits per heavy atom. The lowest BCUT2D eigenvalue weighted by Gasteiger charge is -2.06. The normalized spacial score (nSPS) is 15.4. The predicted molar refractivity (Wildman–Crippen MR) is 64.6 cm³/mol. The van der Waals surface area contributed by atoms with Crippen LogP contribution in [0.1, 0.15) is 30.3 Å². The molecule has 0 bridgehead atoms. The highest BCUT2D eigenvalue weighted by Gasteiger charge is 2.25. The Labute approximate surface area is 100 Å². The van der Waals surface area contributed by atoms with E-state index in [1.54, 1.807) is 0 Å². The molecule has 0 unspecified atom stereocenters. The molecule has 17 heavy (non-hydrogen) atoms. The topological polar surface area (TPSA) is 47.7 Å². The van der Waals surface area contributed by atoms with Crippen molar-refractivity contribution in [3.05, 3.63) is 36.4 Å². The molecule has 1 saturated carbocycles. The Hall–Kier alpha value is -1.62. The van der Waals surface area contributed by atoms with E-state index in [4.69, 9.17) is 0 Å². The molecule has 3 rings (SSSR count). The van der Waals surface area contributed by atoms with Gasteiger partial charge in [-0.15, -0.1) is 0 Å². The van der Waals surface area contributed by atoms with E-state index in [1.165, 1.54) is 18.5 Å². The van der Waals surface area contributed by atoms with Crippen molar-refractivity contribution in [1.29, 1.82) is 0 Å². The summed E-state index contributed by atoms with van der Waals surface area (Å²) >= 11 is 0. The van der Waals surface area contributed by atoms with Crippen LogP contribution in [0.2, 0.25) is 0 Å². The number of imidazole rings is 2. The molecule has 0 amide bonds. The Morgan fingerprint density at radius 3 is 3.06 bits per heavy atom. The molecular formula is C12H17N5. The summed E-state index contributed by atoms with van der Waals surface area (Å²) in [5.41, 5.74) is 2.34. The standard InChI is InChI=1S/C12H17N5/c1-13-4-10-6-16(9-15-10)7-12-5-14-8-17(12)11-2-3-11/h5-6,8-9,11,13H,2-4,7H2,1H3. The average molecular weight is 231 g/mol. The summed E-state index contributed by atoms with van der Waals surface area (Å²) in [5.74, 6) is 0. The number of nitrogens with zero attached hydrogens (tertiary/aromatic N) is 4. The van der Waals surface area contributed by atoms with Gasteiger partial charge in [-0.2, -0.15) is 0 Å². The van der Waals surface area contributed by atoms with E-state index in [9.17, 15) is 0 Å². The highest BCUT2D eigenvalue weighted by molar-refractivity contribution is 5.06. The van der Waals surface area contributed by atoms with Crippen molar-refractivity contribution < 1.29 is 0 Å². The van der Waals surface area contributed by atoms with E-state index in [0.29, 0.717) is 6.04 Å². The van der Waals surface area contributed by atoms with Crippen LogP contribution >= 0.6 is 0 Å². The van der Waals surface area contributed by atoms with Crippen molar-refractivity contribution in [3.63, 3.8) is 0 Å². The molecule has 0 spiro atoms. The molecule has 90 valence electrons. The molecule has 1 N–H and O–H groups in total. The van der Waals surface area contributed by atoms with E-state index in [-0.39, 0.29) is 0 Å². The van der Waals surface area contributed by atoms with Crippen molar-refractivity contribution >= 4 is 0 Å². The SMILES string of the molecule is CNCc1cn(Cc2cncn2C2CC2)cn1. The zero-order valence-corrected chi connectivity index (χ0v) is 10.0. The predicted octanol–water partition coefficient (Wildman–Crippen LogP) is 1.18. The molecule has 5 heteroatoms. The minimum Gasteiger partial charge on any atom is -0.331 e. The van der Waals surface area contributed by atoms with Gasteiger partial charge in [0.05, 0.1) is 30.6 Å². The van der Waals surface area contributed by atoms with Crippen LogP contribution in [0.15, 0.2) is 25.0 Å². The highest BCUT2D eigenvalue weighted by Crippen LogP contribution is 2.35. The van der Waals surface area contributed by atoms with Gasteiger partial charge in [0, 0.05) is 25.0 Å². The zero-order chi connectivity index (χ0) is 11.7. The summed E-state index contributed by atoms with van der Waals surface area (Å²) < 4.78 is 4.40. The van der Waals surface area contributed by atoms with E-state index in [1.807, 2.05) is 25.9 Å². The summed E-state index contributed by atoms with van der Waals surface area (Å²) in [6, 6.07) is 0.688. The van der Waals surface area contributed by atoms with Crippen LogP contribution in [0.5, 0.6) is 0 Å². The molecule has 0 aliphatic heterocycles. The lowest BCUT2D eigenvalue weighted by Crippen LogP contribution is -2.06. The average Bonchev–Trinajstić information content (AvgIpc) is 2.91. The van der Waals surface area contributed by atoms with Gasteiger partial charge in [-0.3, -0.25) is 0 Å². The number of nitrogens with one attached hydrogen (secondary N) is 1. The fourth-order valence-electron chi connectivity index (χ4n) is 2.09. The first kappa shape index (κ1) is 10.5. The summed E-state index contributed by atoms with van der Waals surface area (Å²) in [6.07, 6.45) is 10.4. The Morgan fingerprint density at radius 2 is 2.29 bits per heavy atom. The van der Waals surface area contributed by atoms with E-state index in [0.717, 1.165) is 18.8 Å². The minimum atomic E-state index is 0.688. The van der Waals surface area contributed by atoms with Crippen molar-refractivity contribution in [2.45, 2.75) is 32.0 Å². The van der Waals surface area contributed by atoms with Gasteiger partial charge in [0.2, 0.25) is 0 Å². The van der Waals surface area contributed by atoms with Gasteiger partial charge in [0.25, 0.3) is 0 Å². The number of hydrogen-bond acceptors (Lipinski definition) is 3. The summed E-state index contributed by atoms with van der Waals surface area (Å²) in [6.45, 7) is 1.67. The maximum absolute atomic E-state index is 4.35. The second-order valence-electron chi connectivity index (χ2n) is 4.59. The molecule has 2 heterocycles. The van der Waals surface area contributed by atoms with Crippen molar-refractivity contribution in [3.8, 4) is 0 Å². The van der Waals surface area contributed by atoms with Crippen LogP contribution in [0.4, 0.5) is 0 Å². The lowest BCUT2D eigenvalue weighted by molar-refractivity contribution is 0.655. The van der Waals surface area contributed by atoms with Crippen LogP contribution in [-0.2, 0) is 13.1 Å². The minimum absolute atomic E-state index is 0.688. The van der Waals surface area contributed by atoms with Gasteiger partial charge >= 0.3 is 0 Å². The molecule has 2 aromatic rings. The van der Waals surface area contributed by atoms with Crippen LogP contribution in [-0.4, -0.2) is 26.1 Å². The van der Waals surface area contributed by atoms with E-state index >= 15 is 0 Å². The van der Waals surface area contributed by atoms with E-state index < -0.39 is 0 Å². The van der Waals surface area contributed by atoms with Gasteiger partial charge < -0.3 is 14.5 Å². The second-order valence-corrected chi connectivity index (χ2v) is 4.59. The number of hydrogen-bond donors (Lipinski definition) is 1. The van der Waals surface area contributed by atoms with Gasteiger partial charge in [-0.1, -0.05) is 0 Å². The molecule has 1 fully saturated rings. The molecule has 1 aliphatic rings. The van der Waals surface area contributed by atoms with Gasteiger partial charge in [-0.25, -0.2) is 9.97 Å². The molecule has 1 aliphatic carbocycles. The molecular weight excluding hydrogens is 214 g/mol. The first-order valence-corrected chi connectivity index (χ1v) is 6.03. The van der Waals surface area contributed by atoms with E-state index in [2.05, 4.69) is 30.6 Å². The zero-order valence-electron chi connectivity index (χ0n) is 10.0. The van der Waals surface area contributed by atoms with Crippen LogP contribution < -0.4 is 5.32 Å². The van der Waals surface area contributed by atoms with Crippen molar-refractivity contribution in [2.24, 2.45) is 0 Å². The third-order valence-electron chi connectivity index (χ3n) is 3.08. The smallest absolute Gasteiger partial charge is 0.0953 e. The monoisotopic (exact) mass is 231 g/mol. The fourth-order valence-corrected chi connectivity index (χ4v) is 2.09. The maximum Gasteiger partial charge on any atom is 0.0953 e. The molecule has 0 atom stereocenters. The fraction of sp³-hybridized carbons (Fsp3) is 0.500. The van der Waals surface area contributed by atoms with Crippen molar-refractivity contribution in [1.82, 2.24) is 24.4 Å². The van der Waals surface area contributed by atoms with Crippen LogP contribution in [0, 0.1) is 0 Å². The number of aromatic nitrogens is 4. The Balaban J connectivity index is 1.74. The third-order valence-corrected chi connectivity index (χ3v) is 3.08. The van der Waals surface area contributed by atoms with Gasteiger partial charge in [-0.05, 0) is 19.9 Å². The molecule has 0 saturated heterocycles. The van der Waals surface area contributed by atoms with Crippen molar-refractivity contribution in [2.75, 3.05) is 7.05 Å². The van der Waals surface area contributed by atoms with Crippen LogP contribution in [0.25, 0.3) is 0 Å². The third kappa shape index (κ3) is 2.24. The Kier molecular flexibility index (Phi) is 2.68. The highest BCUT2D eigenvalue weighted by atomic mass is 15.1. The molecule has 2 aromatic heterocycles. The molecule has 0 radical (unpaired) electrons. The summed E-state index contributed by atoms with van der Waals surface area (Å²) in [7, 11) is 1.93. The maximum atomic E-state index is 4.35. The molecule has 5 nitrogen and oxygen atoms in total. The Bertz CT molecular complexity index is 494.